The van der Waals surface area contributed by atoms with Gasteiger partial charge >= 0.3 is 0 Å². The molecule has 6 nitrogen and oxygen atoms in total. The molecular weight excluding hydrogens is 402 g/mol. The van der Waals surface area contributed by atoms with E-state index in [0.717, 1.165) is 49.2 Å². The Balaban J connectivity index is 0.00000320. The molecule has 0 bridgehead atoms. The Labute approximate surface area is 184 Å². The summed E-state index contributed by atoms with van der Waals surface area (Å²) in [6.07, 6.45) is 2.59. The molecule has 1 fully saturated rings. The van der Waals surface area contributed by atoms with Gasteiger partial charge in [0.1, 0.15) is 5.75 Å². The van der Waals surface area contributed by atoms with Gasteiger partial charge in [-0.15, -0.1) is 12.4 Å². The third-order valence-electron chi connectivity index (χ3n) is 5.02. The lowest BCUT2D eigenvalue weighted by molar-refractivity contribution is -0.125. The minimum absolute atomic E-state index is 0. The van der Waals surface area contributed by atoms with Crippen LogP contribution in [0.1, 0.15) is 24.0 Å². The van der Waals surface area contributed by atoms with E-state index in [9.17, 15) is 9.59 Å². The predicted molar refractivity (Wildman–Crippen MR) is 121 cm³/mol. The summed E-state index contributed by atoms with van der Waals surface area (Å²) >= 11 is 0. The second-order valence-corrected chi connectivity index (χ2v) is 7.42. The topological polar surface area (TPSA) is 79.5 Å². The van der Waals surface area contributed by atoms with E-state index in [2.05, 4.69) is 16.0 Å². The second-order valence-electron chi connectivity index (χ2n) is 7.42. The Morgan fingerprint density at radius 2 is 1.83 bits per heavy atom. The molecule has 2 aromatic carbocycles. The molecule has 162 valence electrons. The number of nitrogens with one attached hydrogen (secondary N) is 3. The van der Waals surface area contributed by atoms with Crippen molar-refractivity contribution in [3.05, 3.63) is 59.7 Å². The second kappa shape index (κ2) is 12.2. The highest BCUT2D eigenvalue weighted by Gasteiger charge is 2.20. The van der Waals surface area contributed by atoms with Crippen LogP contribution in [0.4, 0.5) is 5.69 Å². The van der Waals surface area contributed by atoms with E-state index in [0.29, 0.717) is 12.3 Å². The van der Waals surface area contributed by atoms with Crippen molar-refractivity contribution in [1.82, 2.24) is 10.6 Å². The summed E-state index contributed by atoms with van der Waals surface area (Å²) in [5.41, 5.74) is 2.97. The van der Waals surface area contributed by atoms with Crippen LogP contribution in [-0.4, -0.2) is 38.1 Å². The fourth-order valence-electron chi connectivity index (χ4n) is 3.38. The summed E-state index contributed by atoms with van der Waals surface area (Å²) in [7, 11) is 0. The zero-order valence-electron chi connectivity index (χ0n) is 17.3. The van der Waals surface area contributed by atoms with Crippen molar-refractivity contribution in [2.75, 3.05) is 31.6 Å². The van der Waals surface area contributed by atoms with Crippen molar-refractivity contribution in [2.24, 2.45) is 5.92 Å². The van der Waals surface area contributed by atoms with Crippen molar-refractivity contribution in [1.29, 1.82) is 0 Å². The van der Waals surface area contributed by atoms with E-state index in [1.54, 1.807) is 0 Å². The molecule has 1 heterocycles. The largest absolute Gasteiger partial charge is 0.484 e. The molecule has 1 saturated heterocycles. The number of amides is 2. The molecule has 0 saturated carbocycles. The number of rotatable bonds is 8. The van der Waals surface area contributed by atoms with Gasteiger partial charge in [0.15, 0.2) is 6.61 Å². The summed E-state index contributed by atoms with van der Waals surface area (Å²) in [6.45, 7) is 4.40. The van der Waals surface area contributed by atoms with Gasteiger partial charge in [-0.2, -0.15) is 0 Å². The van der Waals surface area contributed by atoms with Crippen LogP contribution in [0.5, 0.6) is 5.75 Å². The lowest BCUT2D eigenvalue weighted by atomic mass is 9.97. The summed E-state index contributed by atoms with van der Waals surface area (Å²) in [4.78, 5) is 24.2. The quantitative estimate of drug-likeness (QED) is 0.600. The third-order valence-corrected chi connectivity index (χ3v) is 5.02. The maximum absolute atomic E-state index is 12.1. The summed E-state index contributed by atoms with van der Waals surface area (Å²) in [5.74, 6) is 0.747. The van der Waals surface area contributed by atoms with Crippen LogP contribution in [-0.2, 0) is 16.0 Å². The van der Waals surface area contributed by atoms with Crippen LogP contribution in [0.2, 0.25) is 0 Å². The summed E-state index contributed by atoms with van der Waals surface area (Å²) in [6, 6.07) is 15.3. The van der Waals surface area contributed by atoms with Crippen LogP contribution in [0, 0.1) is 12.8 Å². The Bertz CT molecular complexity index is 821. The third kappa shape index (κ3) is 7.69. The fraction of sp³-hybridized carbons (Fsp3) is 0.391. The Kier molecular flexibility index (Phi) is 9.64. The first-order valence-electron chi connectivity index (χ1n) is 10.2. The zero-order chi connectivity index (χ0) is 20.5. The Morgan fingerprint density at radius 3 is 2.53 bits per heavy atom. The molecule has 2 aromatic rings. The van der Waals surface area contributed by atoms with Gasteiger partial charge in [0.05, 0.1) is 0 Å². The molecule has 0 spiro atoms. The molecule has 0 aliphatic carbocycles. The van der Waals surface area contributed by atoms with Gasteiger partial charge in [0.2, 0.25) is 5.91 Å². The van der Waals surface area contributed by atoms with Crippen LogP contribution >= 0.6 is 12.4 Å². The maximum Gasteiger partial charge on any atom is 0.262 e. The number of hydrogen-bond acceptors (Lipinski definition) is 4. The molecule has 7 heteroatoms. The smallest absolute Gasteiger partial charge is 0.262 e. The van der Waals surface area contributed by atoms with Crippen LogP contribution in [0.3, 0.4) is 0 Å². The molecule has 0 atom stereocenters. The van der Waals surface area contributed by atoms with Crippen molar-refractivity contribution < 1.29 is 14.3 Å². The minimum atomic E-state index is -0.194. The molecule has 0 aromatic heterocycles. The number of benzene rings is 2. The normalized spacial score (nSPS) is 13.8. The van der Waals surface area contributed by atoms with Crippen LogP contribution < -0.4 is 20.7 Å². The number of hydrogen-bond donors (Lipinski definition) is 3. The number of piperidine rings is 1. The minimum Gasteiger partial charge on any atom is -0.484 e. The molecule has 3 rings (SSSR count). The fourth-order valence-corrected chi connectivity index (χ4v) is 3.38. The lowest BCUT2D eigenvalue weighted by Gasteiger charge is -2.21. The average Bonchev–Trinajstić information content (AvgIpc) is 2.74. The van der Waals surface area contributed by atoms with E-state index in [-0.39, 0.29) is 36.7 Å². The maximum atomic E-state index is 12.1. The molecule has 2 amide bonds. The highest BCUT2D eigenvalue weighted by molar-refractivity contribution is 5.91. The number of aryl methyl sites for hydroxylation is 1. The van der Waals surface area contributed by atoms with E-state index in [4.69, 9.17) is 4.74 Å². The monoisotopic (exact) mass is 431 g/mol. The molecule has 1 aliphatic rings. The molecule has 30 heavy (non-hydrogen) atoms. The zero-order valence-corrected chi connectivity index (χ0v) is 18.1. The molecular formula is C23H30ClN3O3. The van der Waals surface area contributed by atoms with Crippen molar-refractivity contribution in [3.63, 3.8) is 0 Å². The molecule has 0 radical (unpaired) electrons. The van der Waals surface area contributed by atoms with Gasteiger partial charge in [-0.3, -0.25) is 9.59 Å². The van der Waals surface area contributed by atoms with Crippen molar-refractivity contribution >= 4 is 29.9 Å². The highest BCUT2D eigenvalue weighted by atomic mass is 35.5. The molecule has 3 N–H and O–H groups in total. The number of halogens is 1. The lowest BCUT2D eigenvalue weighted by Crippen LogP contribution is -2.38. The van der Waals surface area contributed by atoms with Gasteiger partial charge < -0.3 is 20.7 Å². The average molecular weight is 432 g/mol. The van der Waals surface area contributed by atoms with Crippen LogP contribution in [0.25, 0.3) is 0 Å². The Morgan fingerprint density at radius 1 is 1.10 bits per heavy atom. The Hall–Kier alpha value is -2.57. The van der Waals surface area contributed by atoms with E-state index in [1.165, 1.54) is 0 Å². The van der Waals surface area contributed by atoms with Crippen molar-refractivity contribution in [2.45, 2.75) is 26.2 Å². The highest BCUT2D eigenvalue weighted by Crippen LogP contribution is 2.14. The van der Waals surface area contributed by atoms with Gasteiger partial charge in [0.25, 0.3) is 5.91 Å². The summed E-state index contributed by atoms with van der Waals surface area (Å²) < 4.78 is 5.56. The standard InChI is InChI=1S/C23H29N3O3.ClH/c1-17-3-2-4-20(15-17)26-22(27)16-29-21-7-5-18(6-8-21)9-14-25-23(28)19-10-12-24-13-11-19;/h2-8,15,19,24H,9-14,16H2,1H3,(H,25,28)(H,26,27);1H. The number of anilines is 1. The number of ether oxygens (including phenoxy) is 1. The number of carbonyl (C=O) groups is 2. The van der Waals surface area contributed by atoms with Gasteiger partial charge in [0, 0.05) is 18.2 Å². The van der Waals surface area contributed by atoms with Crippen molar-refractivity contribution in [3.8, 4) is 5.75 Å². The number of carbonyl (C=O) groups excluding carboxylic acids is 2. The summed E-state index contributed by atoms with van der Waals surface area (Å²) in [5, 5.41) is 9.12. The van der Waals surface area contributed by atoms with Gasteiger partial charge in [-0.1, -0.05) is 24.3 Å². The first-order chi connectivity index (χ1) is 14.1. The first kappa shape index (κ1) is 23.7. The van der Waals surface area contributed by atoms with Crippen LogP contribution in [0.15, 0.2) is 48.5 Å². The van der Waals surface area contributed by atoms with Gasteiger partial charge in [-0.25, -0.2) is 0 Å². The first-order valence-corrected chi connectivity index (χ1v) is 10.2. The molecule has 0 unspecified atom stereocenters. The predicted octanol–water partition coefficient (Wildman–Crippen LogP) is 3.09. The van der Waals surface area contributed by atoms with Gasteiger partial charge in [-0.05, 0) is 74.7 Å². The molecule has 1 aliphatic heterocycles. The van der Waals surface area contributed by atoms with E-state index < -0.39 is 0 Å². The SMILES string of the molecule is Cc1cccc(NC(=O)COc2ccc(CCNC(=O)C3CCNCC3)cc2)c1.Cl. The van der Waals surface area contributed by atoms with E-state index in [1.807, 2.05) is 55.5 Å². The van der Waals surface area contributed by atoms with E-state index >= 15 is 0 Å².